The number of aromatic nitrogens is 2. The van der Waals surface area contributed by atoms with Crippen LogP contribution in [-0.4, -0.2) is 9.55 Å². The summed E-state index contributed by atoms with van der Waals surface area (Å²) in [5.74, 6) is 0.223. The number of halogens is 1. The van der Waals surface area contributed by atoms with Crippen molar-refractivity contribution in [1.29, 1.82) is 0 Å². The van der Waals surface area contributed by atoms with E-state index in [4.69, 9.17) is 5.73 Å². The zero-order chi connectivity index (χ0) is 10.3. The highest BCUT2D eigenvalue weighted by molar-refractivity contribution is 9.10. The predicted molar refractivity (Wildman–Crippen MR) is 59.1 cm³/mol. The van der Waals surface area contributed by atoms with Crippen molar-refractivity contribution in [1.82, 2.24) is 9.55 Å². The topological polar surface area (TPSA) is 60.9 Å². The third kappa shape index (κ3) is 1.29. The van der Waals surface area contributed by atoms with E-state index >= 15 is 0 Å². The second-order valence-electron chi connectivity index (χ2n) is 3.00. The van der Waals surface area contributed by atoms with Crippen LogP contribution in [0.25, 0.3) is 10.9 Å². The molecule has 14 heavy (non-hydrogen) atoms. The van der Waals surface area contributed by atoms with Gasteiger partial charge in [0.05, 0.1) is 10.9 Å². The van der Waals surface area contributed by atoms with Crippen molar-refractivity contribution >= 4 is 32.8 Å². The van der Waals surface area contributed by atoms with E-state index in [9.17, 15) is 4.79 Å². The minimum atomic E-state index is -0.125. The van der Waals surface area contributed by atoms with Crippen molar-refractivity contribution < 1.29 is 0 Å². The van der Waals surface area contributed by atoms with Crippen LogP contribution in [0.1, 0.15) is 0 Å². The second kappa shape index (κ2) is 3.09. The molecular weight excluding hydrogens is 246 g/mol. The number of benzene rings is 1. The van der Waals surface area contributed by atoms with E-state index < -0.39 is 0 Å². The van der Waals surface area contributed by atoms with Crippen molar-refractivity contribution in [3.05, 3.63) is 33.0 Å². The molecule has 1 heterocycles. The van der Waals surface area contributed by atoms with Crippen molar-refractivity contribution in [2.24, 2.45) is 7.05 Å². The van der Waals surface area contributed by atoms with Gasteiger partial charge in [0.15, 0.2) is 0 Å². The van der Waals surface area contributed by atoms with Gasteiger partial charge in [-0.25, -0.2) is 4.98 Å². The number of nitrogens with zero attached hydrogens (tertiary/aromatic N) is 2. The van der Waals surface area contributed by atoms with Crippen LogP contribution in [-0.2, 0) is 7.05 Å². The Morgan fingerprint density at radius 3 is 2.93 bits per heavy atom. The minimum absolute atomic E-state index is 0.125. The van der Waals surface area contributed by atoms with Gasteiger partial charge >= 0.3 is 0 Å². The third-order valence-corrected chi connectivity index (χ3v) is 2.57. The second-order valence-corrected chi connectivity index (χ2v) is 3.91. The average molecular weight is 254 g/mol. The molecule has 0 aliphatic carbocycles. The van der Waals surface area contributed by atoms with E-state index in [2.05, 4.69) is 20.9 Å². The Morgan fingerprint density at radius 1 is 1.50 bits per heavy atom. The molecule has 2 N–H and O–H groups in total. The third-order valence-electron chi connectivity index (χ3n) is 2.07. The summed E-state index contributed by atoms with van der Waals surface area (Å²) in [6.45, 7) is 0. The van der Waals surface area contributed by atoms with Crippen LogP contribution >= 0.6 is 15.9 Å². The highest BCUT2D eigenvalue weighted by atomic mass is 79.9. The Labute approximate surface area is 88.5 Å². The van der Waals surface area contributed by atoms with Crippen LogP contribution in [0.15, 0.2) is 27.5 Å². The molecule has 0 spiro atoms. The van der Waals surface area contributed by atoms with Gasteiger partial charge in [0.2, 0.25) is 5.95 Å². The van der Waals surface area contributed by atoms with Crippen molar-refractivity contribution in [3.8, 4) is 0 Å². The summed E-state index contributed by atoms with van der Waals surface area (Å²) in [5.41, 5.74) is 6.06. The maximum Gasteiger partial charge on any atom is 0.262 e. The molecule has 0 atom stereocenters. The van der Waals surface area contributed by atoms with Crippen molar-refractivity contribution in [2.75, 3.05) is 5.73 Å². The molecule has 72 valence electrons. The molecule has 0 saturated carbocycles. The molecule has 0 radical (unpaired) electrons. The molecule has 1 aromatic carbocycles. The average Bonchev–Trinajstić information content (AvgIpc) is 2.14. The minimum Gasteiger partial charge on any atom is -0.369 e. The van der Waals surface area contributed by atoms with E-state index in [1.165, 1.54) is 4.57 Å². The zero-order valence-electron chi connectivity index (χ0n) is 7.49. The summed E-state index contributed by atoms with van der Waals surface area (Å²) in [6, 6.07) is 5.31. The number of rotatable bonds is 0. The molecule has 0 saturated heterocycles. The lowest BCUT2D eigenvalue weighted by molar-refractivity contribution is 0.861. The molecule has 0 aliphatic heterocycles. The Balaban J connectivity index is 2.98. The van der Waals surface area contributed by atoms with Crippen LogP contribution in [0.2, 0.25) is 0 Å². The lowest BCUT2D eigenvalue weighted by Gasteiger charge is -2.04. The molecule has 0 unspecified atom stereocenters. The van der Waals surface area contributed by atoms with E-state index in [1.807, 2.05) is 6.07 Å². The fourth-order valence-electron chi connectivity index (χ4n) is 1.26. The van der Waals surface area contributed by atoms with E-state index in [1.54, 1.807) is 19.2 Å². The predicted octanol–water partition coefficient (Wildman–Crippen LogP) is 1.28. The quantitative estimate of drug-likeness (QED) is 0.770. The molecule has 2 rings (SSSR count). The van der Waals surface area contributed by atoms with Crippen molar-refractivity contribution in [2.45, 2.75) is 0 Å². The molecule has 0 amide bonds. The van der Waals surface area contributed by atoms with Gasteiger partial charge < -0.3 is 5.73 Å². The first-order chi connectivity index (χ1) is 6.59. The Hall–Kier alpha value is -1.36. The van der Waals surface area contributed by atoms with Gasteiger partial charge in [-0.3, -0.25) is 9.36 Å². The van der Waals surface area contributed by atoms with E-state index in [0.29, 0.717) is 10.9 Å². The molecule has 1 aromatic heterocycles. The van der Waals surface area contributed by atoms with Crippen LogP contribution in [0, 0.1) is 0 Å². The zero-order valence-corrected chi connectivity index (χ0v) is 9.08. The first kappa shape index (κ1) is 9.21. The number of fused-ring (bicyclic) bond motifs is 1. The highest BCUT2D eigenvalue weighted by Crippen LogP contribution is 2.15. The van der Waals surface area contributed by atoms with Gasteiger partial charge in [0.25, 0.3) is 5.56 Å². The standard InChI is InChI=1S/C9H8BrN3O/c1-13-8(14)6-3-2-5(10)4-7(6)12-9(13)11/h2-4H,1H3,(H2,11,12). The summed E-state index contributed by atoms with van der Waals surface area (Å²) in [7, 11) is 1.60. The maximum absolute atomic E-state index is 11.7. The number of nitrogens with two attached hydrogens (primary N) is 1. The first-order valence-corrected chi connectivity index (χ1v) is 4.80. The fraction of sp³-hybridized carbons (Fsp3) is 0.111. The Morgan fingerprint density at radius 2 is 2.21 bits per heavy atom. The summed E-state index contributed by atoms with van der Waals surface area (Å²) in [5, 5.41) is 0.574. The fourth-order valence-corrected chi connectivity index (χ4v) is 1.61. The van der Waals surface area contributed by atoms with E-state index in [-0.39, 0.29) is 11.5 Å². The molecule has 0 fully saturated rings. The molecule has 4 nitrogen and oxygen atoms in total. The molecular formula is C9H8BrN3O. The molecule has 5 heteroatoms. The smallest absolute Gasteiger partial charge is 0.262 e. The summed E-state index contributed by atoms with van der Waals surface area (Å²) >= 11 is 3.31. The maximum atomic E-state index is 11.7. The van der Waals surface area contributed by atoms with Crippen LogP contribution in [0.3, 0.4) is 0 Å². The van der Waals surface area contributed by atoms with Crippen LogP contribution in [0.5, 0.6) is 0 Å². The van der Waals surface area contributed by atoms with Gasteiger partial charge in [-0.15, -0.1) is 0 Å². The largest absolute Gasteiger partial charge is 0.369 e. The first-order valence-electron chi connectivity index (χ1n) is 4.01. The van der Waals surface area contributed by atoms with Gasteiger partial charge in [-0.2, -0.15) is 0 Å². The number of nitrogen functional groups attached to an aromatic ring is 1. The van der Waals surface area contributed by atoms with Gasteiger partial charge in [-0.05, 0) is 18.2 Å². The highest BCUT2D eigenvalue weighted by Gasteiger charge is 2.05. The Bertz CT molecular complexity index is 562. The number of anilines is 1. The van der Waals surface area contributed by atoms with Crippen LogP contribution in [0.4, 0.5) is 5.95 Å². The lowest BCUT2D eigenvalue weighted by atomic mass is 10.2. The summed E-state index contributed by atoms with van der Waals surface area (Å²) < 4.78 is 2.21. The van der Waals surface area contributed by atoms with Gasteiger partial charge in [0.1, 0.15) is 0 Å². The Kier molecular flexibility index (Phi) is 2.03. The van der Waals surface area contributed by atoms with E-state index in [0.717, 1.165) is 4.47 Å². The lowest BCUT2D eigenvalue weighted by Crippen LogP contribution is -2.21. The SMILES string of the molecule is Cn1c(N)nc2cc(Br)ccc2c1=O. The summed E-state index contributed by atoms with van der Waals surface area (Å²) in [6.07, 6.45) is 0. The monoisotopic (exact) mass is 253 g/mol. The van der Waals surface area contributed by atoms with Gasteiger partial charge in [-0.1, -0.05) is 15.9 Å². The summed E-state index contributed by atoms with van der Waals surface area (Å²) in [4.78, 5) is 15.8. The molecule has 0 bridgehead atoms. The number of hydrogen-bond donors (Lipinski definition) is 1. The normalized spacial score (nSPS) is 10.7. The van der Waals surface area contributed by atoms with Crippen LogP contribution < -0.4 is 11.3 Å². The molecule has 0 aliphatic rings. The molecule has 2 aromatic rings. The number of hydrogen-bond acceptors (Lipinski definition) is 3. The van der Waals surface area contributed by atoms with Crippen molar-refractivity contribution in [3.63, 3.8) is 0 Å². The van der Waals surface area contributed by atoms with Gasteiger partial charge in [0, 0.05) is 11.5 Å².